The van der Waals surface area contributed by atoms with E-state index in [0.717, 1.165) is 0 Å². The van der Waals surface area contributed by atoms with Gasteiger partial charge in [-0.15, -0.1) is 23.4 Å². The first-order valence-electron chi connectivity index (χ1n) is 10.8. The summed E-state index contributed by atoms with van der Waals surface area (Å²) in [6.07, 6.45) is -1.68. The molecule has 1 aliphatic heterocycles. The van der Waals surface area contributed by atoms with E-state index in [1.807, 2.05) is 0 Å². The van der Waals surface area contributed by atoms with Gasteiger partial charge in [0.2, 0.25) is 18.5 Å². The molecule has 4 aromatic rings. The topological polar surface area (TPSA) is 125 Å². The lowest BCUT2D eigenvalue weighted by Crippen LogP contribution is -2.16. The molecule has 2 aromatic heterocycles. The number of H-pyrrole nitrogens is 1. The molecule has 0 unspecified atom stereocenters. The summed E-state index contributed by atoms with van der Waals surface area (Å²) in [7, 11) is 0. The number of aliphatic hydroxyl groups excluding tert-OH is 1. The van der Waals surface area contributed by atoms with Gasteiger partial charge in [-0.25, -0.2) is 4.98 Å². The van der Waals surface area contributed by atoms with Crippen molar-refractivity contribution in [1.29, 1.82) is 0 Å². The number of nitrogens with zero attached hydrogens (tertiary/aromatic N) is 4. The minimum Gasteiger partial charge on any atom is -0.454 e. The van der Waals surface area contributed by atoms with Gasteiger partial charge in [-0.3, -0.25) is 0 Å². The van der Waals surface area contributed by atoms with Crippen LogP contribution >= 0.6 is 0 Å². The van der Waals surface area contributed by atoms with E-state index in [0.29, 0.717) is 45.2 Å². The number of nitrogens with one attached hydrogen (secondary N) is 1. The van der Waals surface area contributed by atoms with Crippen LogP contribution < -0.4 is 18.9 Å². The van der Waals surface area contributed by atoms with Crippen LogP contribution in [0, 0.1) is 6.92 Å². The zero-order chi connectivity index (χ0) is 26.0. The average molecular weight is 513 g/mol. The molecule has 1 aliphatic rings. The molecular formula is C24H18F3N5O5. The Morgan fingerprint density at radius 2 is 1.81 bits per heavy atom. The number of rotatable bonds is 7. The predicted octanol–water partition coefficient (Wildman–Crippen LogP) is 4.66. The first kappa shape index (κ1) is 24.1. The fourth-order valence-corrected chi connectivity index (χ4v) is 3.79. The van der Waals surface area contributed by atoms with Crippen molar-refractivity contribution in [2.24, 2.45) is 0 Å². The number of aliphatic hydroxyl groups is 1. The third kappa shape index (κ3) is 5.16. The second-order valence-corrected chi connectivity index (χ2v) is 7.68. The SMILES string of the molecule is Cc1nc(Oc2ccc3c(c2)OCO3)c(-c2nn[nH]n2)c(-c2ccc(OC(F)(F)F)cc2)c1C=CCO. The van der Waals surface area contributed by atoms with Gasteiger partial charge in [0, 0.05) is 22.9 Å². The fourth-order valence-electron chi connectivity index (χ4n) is 3.79. The highest BCUT2D eigenvalue weighted by Crippen LogP contribution is 2.44. The summed E-state index contributed by atoms with van der Waals surface area (Å²) in [6.45, 7) is 1.58. The quantitative estimate of drug-likeness (QED) is 0.363. The number of fused-ring (bicyclic) bond motifs is 1. The zero-order valence-corrected chi connectivity index (χ0v) is 19.1. The Morgan fingerprint density at radius 1 is 1.05 bits per heavy atom. The van der Waals surface area contributed by atoms with Crippen LogP contribution in [-0.4, -0.2) is 50.5 Å². The number of aromatic amines is 1. The summed E-state index contributed by atoms with van der Waals surface area (Å²) in [6, 6.07) is 10.3. The Balaban J connectivity index is 1.68. The van der Waals surface area contributed by atoms with E-state index in [4.69, 9.17) is 14.2 Å². The van der Waals surface area contributed by atoms with Crippen molar-refractivity contribution < 1.29 is 37.2 Å². The molecule has 3 heterocycles. The van der Waals surface area contributed by atoms with E-state index in [-0.39, 0.29) is 30.9 Å². The molecule has 2 N–H and O–H groups in total. The highest BCUT2D eigenvalue weighted by atomic mass is 19.4. The lowest BCUT2D eigenvalue weighted by molar-refractivity contribution is -0.274. The number of alkyl halides is 3. The largest absolute Gasteiger partial charge is 0.573 e. The smallest absolute Gasteiger partial charge is 0.454 e. The second kappa shape index (κ2) is 9.78. The van der Waals surface area contributed by atoms with Crippen LogP contribution in [-0.2, 0) is 0 Å². The standard InChI is InChI=1S/C24H18F3N5O5/c1-13-17(3-2-10-33)20(14-4-6-15(7-5-14)37-24(25,26)27)21(22-29-31-32-30-22)23(28-13)36-16-8-9-18-19(11-16)35-12-34-18/h2-9,11,33H,10,12H2,1H3,(H,29,30,31,32). The minimum absolute atomic E-state index is 0.0916. The van der Waals surface area contributed by atoms with E-state index >= 15 is 0 Å². The van der Waals surface area contributed by atoms with E-state index in [9.17, 15) is 18.3 Å². The monoisotopic (exact) mass is 513 g/mol. The van der Waals surface area contributed by atoms with E-state index in [1.165, 1.54) is 30.3 Å². The van der Waals surface area contributed by atoms with Crippen molar-refractivity contribution in [3.63, 3.8) is 0 Å². The Kier molecular flexibility index (Phi) is 6.36. The number of pyridine rings is 1. The van der Waals surface area contributed by atoms with Gasteiger partial charge in [-0.1, -0.05) is 24.3 Å². The van der Waals surface area contributed by atoms with Crippen molar-refractivity contribution in [2.45, 2.75) is 13.3 Å². The summed E-state index contributed by atoms with van der Waals surface area (Å²) < 4.78 is 59.0. The van der Waals surface area contributed by atoms with Crippen LogP contribution in [0.15, 0.2) is 48.5 Å². The summed E-state index contributed by atoms with van der Waals surface area (Å²) in [4.78, 5) is 4.60. The van der Waals surface area contributed by atoms with E-state index < -0.39 is 6.36 Å². The molecule has 0 radical (unpaired) electrons. The molecule has 0 spiro atoms. The van der Waals surface area contributed by atoms with Gasteiger partial charge in [-0.2, -0.15) is 5.21 Å². The minimum atomic E-state index is -4.83. The van der Waals surface area contributed by atoms with E-state index in [1.54, 1.807) is 31.2 Å². The normalized spacial score (nSPS) is 12.8. The van der Waals surface area contributed by atoms with Crippen LogP contribution in [0.2, 0.25) is 0 Å². The van der Waals surface area contributed by atoms with Crippen molar-refractivity contribution in [3.05, 3.63) is 59.8 Å². The molecule has 0 fully saturated rings. The fraction of sp³-hybridized carbons (Fsp3) is 0.167. The summed E-state index contributed by atoms with van der Waals surface area (Å²) in [5, 5.41) is 23.6. The van der Waals surface area contributed by atoms with Crippen LogP contribution in [0.3, 0.4) is 0 Å². The summed E-state index contributed by atoms with van der Waals surface area (Å²) >= 11 is 0. The number of tetrazole rings is 1. The number of aryl methyl sites for hydroxylation is 1. The van der Waals surface area contributed by atoms with Gasteiger partial charge in [0.1, 0.15) is 11.5 Å². The van der Waals surface area contributed by atoms with E-state index in [2.05, 4.69) is 30.3 Å². The molecule has 0 saturated carbocycles. The number of ether oxygens (including phenoxy) is 4. The molecule has 2 aromatic carbocycles. The molecule has 0 amide bonds. The number of halogens is 3. The summed E-state index contributed by atoms with van der Waals surface area (Å²) in [5.41, 5.74) is 2.38. The highest BCUT2D eigenvalue weighted by Gasteiger charge is 2.31. The van der Waals surface area contributed by atoms with Crippen molar-refractivity contribution in [2.75, 3.05) is 13.4 Å². The third-order valence-electron chi connectivity index (χ3n) is 5.29. The molecule has 13 heteroatoms. The molecule has 37 heavy (non-hydrogen) atoms. The first-order chi connectivity index (χ1) is 17.8. The van der Waals surface area contributed by atoms with Gasteiger partial charge in [-0.05, 0) is 42.0 Å². The number of benzene rings is 2. The van der Waals surface area contributed by atoms with Crippen LogP contribution in [0.25, 0.3) is 28.6 Å². The Hall–Kier alpha value is -4.65. The highest BCUT2D eigenvalue weighted by molar-refractivity contribution is 5.90. The second-order valence-electron chi connectivity index (χ2n) is 7.68. The molecular weight excluding hydrogens is 495 g/mol. The van der Waals surface area contributed by atoms with Gasteiger partial charge < -0.3 is 24.1 Å². The van der Waals surface area contributed by atoms with Crippen molar-refractivity contribution in [3.8, 4) is 51.4 Å². The predicted molar refractivity (Wildman–Crippen MR) is 123 cm³/mol. The Bertz CT molecular complexity index is 1440. The molecule has 5 rings (SSSR count). The lowest BCUT2D eigenvalue weighted by atomic mass is 9.93. The lowest BCUT2D eigenvalue weighted by Gasteiger charge is -2.18. The molecule has 0 bridgehead atoms. The molecule has 190 valence electrons. The van der Waals surface area contributed by atoms with Gasteiger partial charge in [0.15, 0.2) is 11.5 Å². The average Bonchev–Trinajstić information content (AvgIpc) is 3.55. The summed E-state index contributed by atoms with van der Waals surface area (Å²) in [5.74, 6) is 1.32. The number of hydrogen-bond acceptors (Lipinski definition) is 9. The van der Waals surface area contributed by atoms with Crippen LogP contribution in [0.1, 0.15) is 11.3 Å². The molecule has 0 aliphatic carbocycles. The van der Waals surface area contributed by atoms with Crippen molar-refractivity contribution in [1.82, 2.24) is 25.6 Å². The van der Waals surface area contributed by atoms with Gasteiger partial charge in [0.25, 0.3) is 0 Å². The zero-order valence-electron chi connectivity index (χ0n) is 19.1. The number of hydrogen-bond donors (Lipinski definition) is 2. The maximum atomic E-state index is 12.7. The maximum Gasteiger partial charge on any atom is 0.573 e. The molecule has 10 nitrogen and oxygen atoms in total. The maximum absolute atomic E-state index is 12.7. The third-order valence-corrected chi connectivity index (χ3v) is 5.29. The van der Waals surface area contributed by atoms with Crippen molar-refractivity contribution >= 4 is 6.08 Å². The Morgan fingerprint density at radius 3 is 2.51 bits per heavy atom. The van der Waals surface area contributed by atoms with Crippen LogP contribution in [0.4, 0.5) is 13.2 Å². The molecule has 0 saturated heterocycles. The first-order valence-corrected chi connectivity index (χ1v) is 10.8. The Labute approximate surface area is 207 Å². The number of aromatic nitrogens is 5. The van der Waals surface area contributed by atoms with Gasteiger partial charge in [0.05, 0.1) is 12.2 Å². The van der Waals surface area contributed by atoms with Gasteiger partial charge >= 0.3 is 6.36 Å². The van der Waals surface area contributed by atoms with Crippen LogP contribution in [0.5, 0.6) is 28.9 Å². The molecule has 0 atom stereocenters.